The lowest BCUT2D eigenvalue weighted by molar-refractivity contribution is 0.113. The number of hydrogen-bond acceptors (Lipinski definition) is 2. The molecule has 106 valence electrons. The number of ether oxygens (including phenoxy) is 1. The van der Waals surface area contributed by atoms with Gasteiger partial charge in [-0.25, -0.2) is 0 Å². The largest absolute Gasteiger partial charge is 0.382 e. The highest BCUT2D eigenvalue weighted by Crippen LogP contribution is 2.37. The molecule has 1 N–H and O–H groups in total. The normalized spacial score (nSPS) is 27.4. The van der Waals surface area contributed by atoms with Gasteiger partial charge in [0, 0.05) is 19.3 Å². The summed E-state index contributed by atoms with van der Waals surface area (Å²) in [6.45, 7) is 3.81. The van der Waals surface area contributed by atoms with Crippen molar-refractivity contribution in [1.82, 2.24) is 5.32 Å². The van der Waals surface area contributed by atoms with Crippen LogP contribution in [0.15, 0.2) is 30.3 Å². The van der Waals surface area contributed by atoms with Crippen LogP contribution in [0.2, 0.25) is 0 Å². The molecule has 0 aliphatic heterocycles. The SMILES string of the molecule is CCOCCC1CC(c2ccccc2)CCC1NC. The van der Waals surface area contributed by atoms with Crippen molar-refractivity contribution in [3.63, 3.8) is 0 Å². The van der Waals surface area contributed by atoms with E-state index in [1.165, 1.54) is 31.2 Å². The van der Waals surface area contributed by atoms with Crippen molar-refractivity contribution < 1.29 is 4.74 Å². The molecule has 0 radical (unpaired) electrons. The van der Waals surface area contributed by atoms with E-state index in [1.54, 1.807) is 0 Å². The Balaban J connectivity index is 1.95. The third-order valence-corrected chi connectivity index (χ3v) is 4.46. The first-order valence-corrected chi connectivity index (χ1v) is 7.65. The lowest BCUT2D eigenvalue weighted by Crippen LogP contribution is -2.38. The lowest BCUT2D eigenvalue weighted by Gasteiger charge is -2.36. The van der Waals surface area contributed by atoms with Gasteiger partial charge in [0.25, 0.3) is 0 Å². The average molecular weight is 261 g/mol. The molecule has 19 heavy (non-hydrogen) atoms. The maximum Gasteiger partial charge on any atom is 0.0469 e. The summed E-state index contributed by atoms with van der Waals surface area (Å²) < 4.78 is 5.54. The first kappa shape index (κ1) is 14.5. The van der Waals surface area contributed by atoms with Crippen molar-refractivity contribution >= 4 is 0 Å². The molecule has 2 rings (SSSR count). The van der Waals surface area contributed by atoms with Crippen molar-refractivity contribution in [1.29, 1.82) is 0 Å². The maximum absolute atomic E-state index is 5.54. The van der Waals surface area contributed by atoms with E-state index in [0.717, 1.165) is 25.0 Å². The van der Waals surface area contributed by atoms with Gasteiger partial charge in [0.1, 0.15) is 0 Å². The van der Waals surface area contributed by atoms with Crippen LogP contribution in [0.25, 0.3) is 0 Å². The smallest absolute Gasteiger partial charge is 0.0469 e. The molecule has 3 unspecified atom stereocenters. The molecule has 0 amide bonds. The number of nitrogens with one attached hydrogen (secondary N) is 1. The molecule has 1 aromatic rings. The number of benzene rings is 1. The third-order valence-electron chi connectivity index (χ3n) is 4.46. The third kappa shape index (κ3) is 4.05. The van der Waals surface area contributed by atoms with Crippen LogP contribution < -0.4 is 5.32 Å². The van der Waals surface area contributed by atoms with Crippen molar-refractivity contribution in [2.75, 3.05) is 20.3 Å². The Morgan fingerprint density at radius 3 is 2.68 bits per heavy atom. The van der Waals surface area contributed by atoms with Crippen LogP contribution >= 0.6 is 0 Å². The monoisotopic (exact) mass is 261 g/mol. The van der Waals surface area contributed by atoms with Gasteiger partial charge in [0.05, 0.1) is 0 Å². The molecule has 3 atom stereocenters. The van der Waals surface area contributed by atoms with Crippen LogP contribution in [0.4, 0.5) is 0 Å². The molecule has 0 heterocycles. The molecular formula is C17H27NO. The summed E-state index contributed by atoms with van der Waals surface area (Å²) in [5, 5.41) is 3.50. The van der Waals surface area contributed by atoms with E-state index >= 15 is 0 Å². The van der Waals surface area contributed by atoms with Crippen molar-refractivity contribution in [3.8, 4) is 0 Å². The van der Waals surface area contributed by atoms with Crippen LogP contribution in [0.1, 0.15) is 44.1 Å². The van der Waals surface area contributed by atoms with Crippen LogP contribution in [-0.4, -0.2) is 26.3 Å². The van der Waals surface area contributed by atoms with Gasteiger partial charge in [-0.3, -0.25) is 0 Å². The molecular weight excluding hydrogens is 234 g/mol. The van der Waals surface area contributed by atoms with Crippen molar-refractivity contribution in [2.45, 2.75) is 44.6 Å². The molecule has 0 bridgehead atoms. The Kier molecular flexibility index (Phi) is 5.87. The van der Waals surface area contributed by atoms with Gasteiger partial charge < -0.3 is 10.1 Å². The molecule has 0 spiro atoms. The van der Waals surface area contributed by atoms with Gasteiger partial charge >= 0.3 is 0 Å². The summed E-state index contributed by atoms with van der Waals surface area (Å²) in [6, 6.07) is 11.7. The topological polar surface area (TPSA) is 21.3 Å². The molecule has 1 aliphatic rings. The zero-order valence-electron chi connectivity index (χ0n) is 12.3. The Morgan fingerprint density at radius 1 is 1.21 bits per heavy atom. The highest BCUT2D eigenvalue weighted by atomic mass is 16.5. The Morgan fingerprint density at radius 2 is 2.00 bits per heavy atom. The van der Waals surface area contributed by atoms with E-state index in [-0.39, 0.29) is 0 Å². The highest BCUT2D eigenvalue weighted by molar-refractivity contribution is 5.20. The number of rotatable bonds is 6. The van der Waals surface area contributed by atoms with Gasteiger partial charge in [0.2, 0.25) is 0 Å². The fraction of sp³-hybridized carbons (Fsp3) is 0.647. The Labute approximate surface area is 117 Å². The van der Waals surface area contributed by atoms with E-state index < -0.39 is 0 Å². The van der Waals surface area contributed by atoms with Crippen molar-refractivity contribution in [2.24, 2.45) is 5.92 Å². The van der Waals surface area contributed by atoms with Gasteiger partial charge in [-0.2, -0.15) is 0 Å². The fourth-order valence-electron chi connectivity index (χ4n) is 3.37. The molecule has 0 aromatic heterocycles. The highest BCUT2D eigenvalue weighted by Gasteiger charge is 2.29. The quantitative estimate of drug-likeness (QED) is 0.790. The van der Waals surface area contributed by atoms with Crippen LogP contribution in [0.3, 0.4) is 0 Å². The zero-order chi connectivity index (χ0) is 13.5. The molecule has 2 heteroatoms. The lowest BCUT2D eigenvalue weighted by atomic mass is 9.74. The number of hydrogen-bond donors (Lipinski definition) is 1. The second kappa shape index (κ2) is 7.66. The minimum Gasteiger partial charge on any atom is -0.382 e. The van der Waals surface area contributed by atoms with E-state index in [0.29, 0.717) is 6.04 Å². The zero-order valence-corrected chi connectivity index (χ0v) is 12.3. The summed E-state index contributed by atoms with van der Waals surface area (Å²) in [5.74, 6) is 1.48. The summed E-state index contributed by atoms with van der Waals surface area (Å²) in [7, 11) is 2.10. The van der Waals surface area contributed by atoms with E-state index in [2.05, 4.69) is 49.6 Å². The van der Waals surface area contributed by atoms with Crippen LogP contribution in [0.5, 0.6) is 0 Å². The van der Waals surface area contributed by atoms with E-state index in [1.807, 2.05) is 0 Å². The molecule has 1 fully saturated rings. The van der Waals surface area contributed by atoms with Gasteiger partial charge in [0.15, 0.2) is 0 Å². The molecule has 1 aromatic carbocycles. The second-order valence-electron chi connectivity index (χ2n) is 5.56. The van der Waals surface area contributed by atoms with E-state index in [4.69, 9.17) is 4.74 Å². The molecule has 0 saturated heterocycles. The standard InChI is InChI=1S/C17H27NO/c1-3-19-12-11-16-13-15(9-10-17(16)18-2)14-7-5-4-6-8-14/h4-8,15-18H,3,9-13H2,1-2H3. The van der Waals surface area contributed by atoms with Gasteiger partial charge in [-0.15, -0.1) is 0 Å². The average Bonchev–Trinajstić information content (AvgIpc) is 2.48. The fourth-order valence-corrected chi connectivity index (χ4v) is 3.37. The van der Waals surface area contributed by atoms with Crippen LogP contribution in [0, 0.1) is 5.92 Å². The minimum absolute atomic E-state index is 0.667. The van der Waals surface area contributed by atoms with Gasteiger partial charge in [-0.05, 0) is 57.1 Å². The molecule has 1 aliphatic carbocycles. The predicted molar refractivity (Wildman–Crippen MR) is 80.5 cm³/mol. The minimum atomic E-state index is 0.667. The first-order chi connectivity index (χ1) is 9.35. The van der Waals surface area contributed by atoms with Crippen molar-refractivity contribution in [3.05, 3.63) is 35.9 Å². The maximum atomic E-state index is 5.54. The molecule has 2 nitrogen and oxygen atoms in total. The van der Waals surface area contributed by atoms with E-state index in [9.17, 15) is 0 Å². The predicted octanol–water partition coefficient (Wildman–Crippen LogP) is 3.58. The summed E-state index contributed by atoms with van der Waals surface area (Å²) >= 11 is 0. The summed E-state index contributed by atoms with van der Waals surface area (Å²) in [5.41, 5.74) is 1.51. The Hall–Kier alpha value is -0.860. The second-order valence-corrected chi connectivity index (χ2v) is 5.56. The first-order valence-electron chi connectivity index (χ1n) is 7.65. The summed E-state index contributed by atoms with van der Waals surface area (Å²) in [6.07, 6.45) is 5.07. The van der Waals surface area contributed by atoms with Crippen LogP contribution in [-0.2, 0) is 4.74 Å². The Bertz CT molecular complexity index is 352. The van der Waals surface area contributed by atoms with Gasteiger partial charge in [-0.1, -0.05) is 30.3 Å². The molecule has 1 saturated carbocycles. The summed E-state index contributed by atoms with van der Waals surface area (Å²) in [4.78, 5) is 0.